The van der Waals surface area contributed by atoms with Crippen LogP contribution < -0.4 is 10.6 Å². The van der Waals surface area contributed by atoms with Crippen LogP contribution in [0.2, 0.25) is 0 Å². The second-order valence-corrected chi connectivity index (χ2v) is 16.8. The summed E-state index contributed by atoms with van der Waals surface area (Å²) in [6, 6.07) is 36.6. The fraction of sp³-hybridized carbons (Fsp3) is 0.320. The van der Waals surface area contributed by atoms with Gasteiger partial charge in [0, 0.05) is 24.9 Å². The summed E-state index contributed by atoms with van der Waals surface area (Å²) >= 11 is 0. The van der Waals surface area contributed by atoms with Crippen LogP contribution in [0, 0.1) is 0 Å². The van der Waals surface area contributed by atoms with Gasteiger partial charge >= 0.3 is 12.2 Å². The molecule has 4 heterocycles. The maximum Gasteiger partial charge on any atom is 0.411 e. The van der Waals surface area contributed by atoms with Crippen molar-refractivity contribution in [1.82, 2.24) is 40.4 Å². The Morgan fingerprint density at radius 2 is 0.938 bits per heavy atom. The molecular weight excluding hydrogens is 809 g/mol. The summed E-state index contributed by atoms with van der Waals surface area (Å²) < 4.78 is 0. The molecule has 6 N–H and O–H groups in total. The molecule has 0 radical (unpaired) electrons. The summed E-state index contributed by atoms with van der Waals surface area (Å²) in [5, 5.41) is 22.4. The molecule has 4 aromatic carbocycles. The highest BCUT2D eigenvalue weighted by Crippen LogP contribution is 2.37. The van der Waals surface area contributed by atoms with Crippen LogP contribution in [0.1, 0.15) is 86.2 Å². The number of carbonyl (C=O) groups excluding carboxylic acids is 2. The number of benzene rings is 4. The molecule has 0 bridgehead atoms. The highest BCUT2D eigenvalue weighted by molar-refractivity contribution is 5.91. The summed E-state index contributed by atoms with van der Waals surface area (Å²) in [5.74, 6) is 0.672. The summed E-state index contributed by atoms with van der Waals surface area (Å²) in [5.41, 5.74) is 8.28. The normalized spacial score (nSPS) is 17.5. The van der Waals surface area contributed by atoms with Gasteiger partial charge in [0.05, 0.1) is 35.9 Å². The number of likely N-dealkylation sites (tertiary alicyclic amines) is 2. The van der Waals surface area contributed by atoms with Crippen molar-refractivity contribution < 1.29 is 29.4 Å². The Hall–Kier alpha value is -6.90. The number of H-pyrrole nitrogens is 2. The van der Waals surface area contributed by atoms with Gasteiger partial charge in [0.25, 0.3) is 0 Å². The van der Waals surface area contributed by atoms with Crippen molar-refractivity contribution in [3.8, 4) is 33.6 Å². The second-order valence-electron chi connectivity index (χ2n) is 16.8. The van der Waals surface area contributed by atoms with Gasteiger partial charge in [-0.3, -0.25) is 30.0 Å². The average Bonchev–Trinajstić information content (AvgIpc) is 4.15. The molecule has 0 unspecified atom stereocenters. The van der Waals surface area contributed by atoms with Crippen molar-refractivity contribution >= 4 is 24.0 Å². The highest BCUT2D eigenvalue weighted by atomic mass is 16.4. The van der Waals surface area contributed by atoms with E-state index in [0.717, 1.165) is 96.9 Å². The number of imide groups is 2. The number of hydrogen-bond donors (Lipinski definition) is 6. The van der Waals surface area contributed by atoms with E-state index >= 15 is 0 Å². The van der Waals surface area contributed by atoms with E-state index in [-0.39, 0.29) is 37.0 Å². The van der Waals surface area contributed by atoms with E-state index in [1.165, 1.54) is 11.1 Å². The fourth-order valence-corrected chi connectivity index (χ4v) is 9.52. The van der Waals surface area contributed by atoms with Gasteiger partial charge in [-0.25, -0.2) is 19.6 Å². The van der Waals surface area contributed by atoms with Gasteiger partial charge in [-0.1, -0.05) is 109 Å². The van der Waals surface area contributed by atoms with Crippen molar-refractivity contribution in [2.75, 3.05) is 13.1 Å². The Balaban J connectivity index is 0.915. The Kier molecular flexibility index (Phi) is 14.0. The molecule has 4 atom stereocenters. The summed E-state index contributed by atoms with van der Waals surface area (Å²) in [4.78, 5) is 69.2. The Morgan fingerprint density at radius 3 is 1.31 bits per heavy atom. The maximum atomic E-state index is 12.7. The van der Waals surface area contributed by atoms with Crippen LogP contribution in [0.5, 0.6) is 0 Å². The number of imidazole rings is 2. The average molecular weight is 863 g/mol. The molecule has 0 spiro atoms. The van der Waals surface area contributed by atoms with Gasteiger partial charge in [0.2, 0.25) is 11.8 Å². The number of aromatic nitrogens is 4. The molecule has 4 amide bonds. The van der Waals surface area contributed by atoms with Crippen molar-refractivity contribution in [3.63, 3.8) is 0 Å². The van der Waals surface area contributed by atoms with Gasteiger partial charge in [-0.05, 0) is 97.8 Å². The molecule has 6 aromatic rings. The van der Waals surface area contributed by atoms with Crippen molar-refractivity contribution in [3.05, 3.63) is 144 Å². The van der Waals surface area contributed by atoms with Gasteiger partial charge in [0.15, 0.2) is 0 Å². The quantitative estimate of drug-likeness (QED) is 0.0516. The third-order valence-corrected chi connectivity index (χ3v) is 12.6. The molecule has 2 fully saturated rings. The molecule has 2 saturated heterocycles. The Morgan fingerprint density at radius 1 is 0.562 bits per heavy atom. The third kappa shape index (κ3) is 11.0. The van der Waals surface area contributed by atoms with E-state index in [4.69, 9.17) is 9.97 Å². The molecule has 0 aliphatic carbocycles. The minimum atomic E-state index is -1.34. The number of aryl methyl sites for hydroxylation is 2. The zero-order valence-corrected chi connectivity index (χ0v) is 35.7. The van der Waals surface area contributed by atoms with Crippen LogP contribution in [0.3, 0.4) is 0 Å². The zero-order chi connectivity index (χ0) is 44.4. The Labute approximate surface area is 372 Å². The molecule has 2 aromatic heterocycles. The van der Waals surface area contributed by atoms with Crippen LogP contribution >= 0.6 is 0 Å². The molecule has 2 aliphatic heterocycles. The minimum absolute atomic E-state index is 0.0199. The van der Waals surface area contributed by atoms with E-state index in [1.807, 2.05) is 59.4 Å². The lowest BCUT2D eigenvalue weighted by molar-refractivity contribution is -0.122. The first-order valence-corrected chi connectivity index (χ1v) is 22.1. The highest BCUT2D eigenvalue weighted by Gasteiger charge is 2.36. The largest absolute Gasteiger partial charge is 0.465 e. The number of nitrogens with one attached hydrogen (secondary N) is 4. The van der Waals surface area contributed by atoms with Gasteiger partial charge in [-0.15, -0.1) is 0 Å². The first-order chi connectivity index (χ1) is 31.2. The molecule has 64 heavy (non-hydrogen) atoms. The number of hydrogen-bond acceptors (Lipinski definition) is 8. The van der Waals surface area contributed by atoms with E-state index in [1.54, 1.807) is 0 Å². The monoisotopic (exact) mass is 862 g/mol. The third-order valence-electron chi connectivity index (χ3n) is 12.6. The van der Waals surface area contributed by atoms with Crippen molar-refractivity contribution in [2.24, 2.45) is 0 Å². The molecule has 0 saturated carbocycles. The predicted octanol–water partition coefficient (Wildman–Crippen LogP) is 8.78. The molecule has 14 nitrogen and oxygen atoms in total. The summed E-state index contributed by atoms with van der Waals surface area (Å²) in [7, 11) is 0. The van der Waals surface area contributed by atoms with Crippen molar-refractivity contribution in [1.29, 1.82) is 0 Å². The maximum absolute atomic E-state index is 12.7. The number of nitrogens with zero attached hydrogens (tertiary/aromatic N) is 4. The number of rotatable bonds is 17. The lowest BCUT2D eigenvalue weighted by Crippen LogP contribution is -2.40. The van der Waals surface area contributed by atoms with Crippen LogP contribution in [0.15, 0.2) is 122 Å². The van der Waals surface area contributed by atoms with Gasteiger partial charge < -0.3 is 20.2 Å². The summed E-state index contributed by atoms with van der Waals surface area (Å²) in [6.07, 6.45) is 7.85. The first-order valence-electron chi connectivity index (χ1n) is 22.1. The van der Waals surface area contributed by atoms with Crippen LogP contribution in [-0.2, 0) is 22.4 Å². The van der Waals surface area contributed by atoms with Gasteiger partial charge in [0.1, 0.15) is 11.6 Å². The zero-order valence-electron chi connectivity index (χ0n) is 35.7. The first kappa shape index (κ1) is 43.7. The summed E-state index contributed by atoms with van der Waals surface area (Å²) in [6.45, 7) is 1.59. The number of carbonyl (C=O) groups is 4. The SMILES string of the molecule is O=C(O)NC(=O)C[C@@H](CCc1ccccc1)N1CCC[C@H]1c1ncc(-c2ccc(-c3ccc(-c4cnc([C@@H]5CCCN5[C@H](CCc5ccccc5)CC(=O)NC(=O)O)[nH]4)cc3)cc2)[nH]1. The van der Waals surface area contributed by atoms with Crippen LogP contribution in [0.4, 0.5) is 9.59 Å². The second kappa shape index (κ2) is 20.5. The standard InChI is InChI=1S/C50H54N8O6/c59-45(55-49(61)62)29-39(25-15-33-9-3-1-4-10-33)57-27-7-13-43(57)47-51-31-41(53-47)37-21-17-35(18-22-37)36-19-23-38(24-20-36)42-32-52-48(54-42)44-14-8-28-58(44)40(30-46(60)56-50(63)64)26-16-34-11-5-2-6-12-34/h1-6,9-12,17-24,31-32,39-40,43-44H,7-8,13-16,25-30H2,(H,51,53)(H,52,54)(H,55,59)(H,56,60)(H,61,62)(H,63,64)/t39-,40-,43+,44+/m1/s1. The van der Waals surface area contributed by atoms with E-state index in [0.29, 0.717) is 12.8 Å². The molecule has 2 aliphatic rings. The van der Waals surface area contributed by atoms with Crippen LogP contribution in [0.25, 0.3) is 33.6 Å². The number of amides is 4. The van der Waals surface area contributed by atoms with E-state index < -0.39 is 24.0 Å². The van der Waals surface area contributed by atoms with Crippen molar-refractivity contribution in [2.45, 2.75) is 88.4 Å². The topological polar surface area (TPSA) is 197 Å². The molecule has 8 rings (SSSR count). The smallest absolute Gasteiger partial charge is 0.411 e. The van der Waals surface area contributed by atoms with Gasteiger partial charge in [-0.2, -0.15) is 0 Å². The number of carboxylic acid groups (broad SMARTS) is 2. The Bertz CT molecular complexity index is 2330. The minimum Gasteiger partial charge on any atom is -0.465 e. The van der Waals surface area contributed by atoms with E-state index in [2.05, 4.69) is 92.6 Å². The molecule has 14 heteroatoms. The number of aromatic amines is 2. The predicted molar refractivity (Wildman–Crippen MR) is 243 cm³/mol. The van der Waals surface area contributed by atoms with E-state index in [9.17, 15) is 29.4 Å². The lowest BCUT2D eigenvalue weighted by Gasteiger charge is -2.32. The van der Waals surface area contributed by atoms with Crippen LogP contribution in [-0.4, -0.2) is 89.1 Å². The molecule has 330 valence electrons. The fourth-order valence-electron chi connectivity index (χ4n) is 9.52. The lowest BCUT2D eigenvalue weighted by atomic mass is 10.00. The molecular formula is C50H54N8O6.